The number of rotatable bonds is 9. The molecule has 0 aromatic heterocycles. The molecule has 2 nitrogen and oxygen atoms in total. The van der Waals surface area contributed by atoms with E-state index in [1.165, 1.54) is 27.8 Å². The monoisotopic (exact) mass is 546 g/mol. The lowest BCUT2D eigenvalue weighted by atomic mass is 9.65. The molecular formula is C40H34O2. The van der Waals surface area contributed by atoms with Crippen LogP contribution in [0.3, 0.4) is 0 Å². The molecule has 0 aliphatic heterocycles. The van der Waals surface area contributed by atoms with Gasteiger partial charge in [-0.1, -0.05) is 140 Å². The Bertz CT molecular complexity index is 1600. The first-order valence-electron chi connectivity index (χ1n) is 14.3. The summed E-state index contributed by atoms with van der Waals surface area (Å²) < 4.78 is 11.1. The van der Waals surface area contributed by atoms with Gasteiger partial charge in [-0.15, -0.1) is 0 Å². The summed E-state index contributed by atoms with van der Waals surface area (Å²) >= 11 is 0. The third-order valence-electron chi connectivity index (χ3n) is 8.20. The topological polar surface area (TPSA) is 18.5 Å². The van der Waals surface area contributed by atoms with Gasteiger partial charge in [-0.2, -0.15) is 0 Å². The number of hydrogen-bond acceptors (Lipinski definition) is 2. The predicted octanol–water partition coefficient (Wildman–Crippen LogP) is 9.27. The zero-order valence-corrected chi connectivity index (χ0v) is 24.0. The Balaban J connectivity index is 1.57. The van der Waals surface area contributed by atoms with Crippen LogP contribution in [-0.4, -0.2) is 14.2 Å². The summed E-state index contributed by atoms with van der Waals surface area (Å²) in [6.45, 7) is 0. The molecule has 0 N–H and O–H groups in total. The first kappa shape index (κ1) is 27.1. The van der Waals surface area contributed by atoms with Crippen molar-refractivity contribution in [3.05, 3.63) is 203 Å². The van der Waals surface area contributed by atoms with Crippen molar-refractivity contribution in [1.82, 2.24) is 0 Å². The maximum absolute atomic E-state index is 5.54. The SMILES string of the molecule is COc1ccc(C(c2ccccc2)(c2ccc(OC)cc2)c2ccc(C(c3ccccc3)c3ccccc3)cc2)cc1. The molecule has 0 amide bonds. The van der Waals surface area contributed by atoms with E-state index in [1.54, 1.807) is 14.2 Å². The first-order chi connectivity index (χ1) is 20.7. The molecule has 0 saturated carbocycles. The van der Waals surface area contributed by atoms with E-state index < -0.39 is 5.41 Å². The number of ether oxygens (including phenoxy) is 2. The molecule has 0 heterocycles. The van der Waals surface area contributed by atoms with Crippen LogP contribution in [0, 0.1) is 0 Å². The van der Waals surface area contributed by atoms with Crippen molar-refractivity contribution >= 4 is 0 Å². The van der Waals surface area contributed by atoms with Gasteiger partial charge < -0.3 is 9.47 Å². The van der Waals surface area contributed by atoms with Gasteiger partial charge in [0.1, 0.15) is 11.5 Å². The summed E-state index contributed by atoms with van der Waals surface area (Å²) in [5.74, 6) is 1.80. The van der Waals surface area contributed by atoms with Crippen molar-refractivity contribution in [3.8, 4) is 11.5 Å². The molecule has 0 spiro atoms. The van der Waals surface area contributed by atoms with Gasteiger partial charge >= 0.3 is 0 Å². The van der Waals surface area contributed by atoms with Crippen molar-refractivity contribution in [3.63, 3.8) is 0 Å². The summed E-state index contributed by atoms with van der Waals surface area (Å²) in [5, 5.41) is 0. The maximum atomic E-state index is 5.54. The van der Waals surface area contributed by atoms with E-state index in [1.807, 2.05) is 24.3 Å². The molecular weight excluding hydrogens is 512 g/mol. The van der Waals surface area contributed by atoms with Crippen LogP contribution in [0.4, 0.5) is 0 Å². The molecule has 42 heavy (non-hydrogen) atoms. The highest BCUT2D eigenvalue weighted by molar-refractivity contribution is 5.61. The van der Waals surface area contributed by atoms with Gasteiger partial charge in [0.15, 0.2) is 0 Å². The Labute approximate surface area is 248 Å². The maximum Gasteiger partial charge on any atom is 0.118 e. The smallest absolute Gasteiger partial charge is 0.118 e. The van der Waals surface area contributed by atoms with Crippen LogP contribution in [0.25, 0.3) is 0 Å². The summed E-state index contributed by atoms with van der Waals surface area (Å²) in [6.07, 6.45) is 0. The van der Waals surface area contributed by atoms with E-state index >= 15 is 0 Å². The molecule has 2 heteroatoms. The molecule has 0 radical (unpaired) electrons. The van der Waals surface area contributed by atoms with Crippen molar-refractivity contribution in [2.45, 2.75) is 11.3 Å². The van der Waals surface area contributed by atoms with Gasteiger partial charge in [-0.25, -0.2) is 0 Å². The fraction of sp³-hybridized carbons (Fsp3) is 0.100. The zero-order chi connectivity index (χ0) is 28.8. The van der Waals surface area contributed by atoms with E-state index in [0.29, 0.717) is 0 Å². The van der Waals surface area contributed by atoms with E-state index in [9.17, 15) is 0 Å². The van der Waals surface area contributed by atoms with Gasteiger partial charge in [-0.3, -0.25) is 0 Å². The van der Waals surface area contributed by atoms with Crippen LogP contribution < -0.4 is 9.47 Å². The summed E-state index contributed by atoms with van der Waals surface area (Å²) in [5.41, 5.74) is 7.94. The third kappa shape index (κ3) is 5.08. The van der Waals surface area contributed by atoms with Crippen LogP contribution in [0.15, 0.2) is 164 Å². The standard InChI is InChI=1S/C40H34O2/c1-41-37-26-22-35(23-27-37)40(33-16-10-5-11-17-33,36-24-28-38(42-2)29-25-36)34-20-18-32(19-21-34)39(30-12-6-3-7-13-30)31-14-8-4-9-15-31/h3-29,39H,1-2H3. The van der Waals surface area contributed by atoms with Crippen molar-refractivity contribution in [2.75, 3.05) is 14.2 Å². The lowest BCUT2D eigenvalue weighted by molar-refractivity contribution is 0.414. The fourth-order valence-corrected chi connectivity index (χ4v) is 6.16. The van der Waals surface area contributed by atoms with Crippen molar-refractivity contribution < 1.29 is 9.47 Å². The first-order valence-corrected chi connectivity index (χ1v) is 14.3. The zero-order valence-electron chi connectivity index (χ0n) is 24.0. The number of methoxy groups -OCH3 is 2. The van der Waals surface area contributed by atoms with Crippen molar-refractivity contribution in [2.24, 2.45) is 0 Å². The second-order valence-electron chi connectivity index (χ2n) is 10.4. The second kappa shape index (κ2) is 12.2. The lowest BCUT2D eigenvalue weighted by Gasteiger charge is -2.37. The Hall–Kier alpha value is -5.08. The summed E-state index contributed by atoms with van der Waals surface area (Å²) in [7, 11) is 3.41. The highest BCUT2D eigenvalue weighted by Crippen LogP contribution is 2.46. The molecule has 6 rings (SSSR count). The van der Waals surface area contributed by atoms with Crippen LogP contribution in [0.2, 0.25) is 0 Å². The molecule has 0 unspecified atom stereocenters. The lowest BCUT2D eigenvalue weighted by Crippen LogP contribution is -2.31. The van der Waals surface area contributed by atoms with Crippen molar-refractivity contribution in [1.29, 1.82) is 0 Å². The molecule has 6 aromatic rings. The molecule has 0 bridgehead atoms. The fourth-order valence-electron chi connectivity index (χ4n) is 6.16. The Morgan fingerprint density at radius 2 is 0.667 bits per heavy atom. The normalized spacial score (nSPS) is 11.3. The van der Waals surface area contributed by atoms with E-state index in [0.717, 1.165) is 22.6 Å². The van der Waals surface area contributed by atoms with Crippen LogP contribution in [0.1, 0.15) is 44.9 Å². The van der Waals surface area contributed by atoms with Gasteiger partial charge in [0.25, 0.3) is 0 Å². The molecule has 0 aliphatic rings. The van der Waals surface area contributed by atoms with Crippen LogP contribution in [-0.2, 0) is 5.41 Å². The Morgan fingerprint density at radius 3 is 1.05 bits per heavy atom. The van der Waals surface area contributed by atoms with E-state index in [4.69, 9.17) is 9.47 Å². The highest BCUT2D eigenvalue weighted by atomic mass is 16.5. The quantitative estimate of drug-likeness (QED) is 0.168. The minimum absolute atomic E-state index is 0.134. The van der Waals surface area contributed by atoms with E-state index in [-0.39, 0.29) is 5.92 Å². The summed E-state index contributed by atoms with van der Waals surface area (Å²) in [4.78, 5) is 0. The minimum atomic E-state index is -0.562. The molecule has 0 saturated heterocycles. The van der Waals surface area contributed by atoms with Gasteiger partial charge in [0.2, 0.25) is 0 Å². The number of hydrogen-bond donors (Lipinski definition) is 0. The number of benzene rings is 6. The third-order valence-corrected chi connectivity index (χ3v) is 8.20. The van der Waals surface area contributed by atoms with Gasteiger partial charge in [-0.05, 0) is 63.2 Å². The summed E-state index contributed by atoms with van der Waals surface area (Å²) in [6, 6.07) is 58.4. The van der Waals surface area contributed by atoms with Crippen LogP contribution in [0.5, 0.6) is 11.5 Å². The molecule has 6 aromatic carbocycles. The predicted molar refractivity (Wildman–Crippen MR) is 172 cm³/mol. The second-order valence-corrected chi connectivity index (χ2v) is 10.4. The molecule has 0 aliphatic carbocycles. The van der Waals surface area contributed by atoms with Gasteiger partial charge in [0, 0.05) is 5.92 Å². The Kier molecular flexibility index (Phi) is 7.87. The van der Waals surface area contributed by atoms with Gasteiger partial charge in [0.05, 0.1) is 19.6 Å². The average Bonchev–Trinajstić information content (AvgIpc) is 3.08. The van der Waals surface area contributed by atoms with Crippen LogP contribution >= 0.6 is 0 Å². The molecule has 0 fully saturated rings. The minimum Gasteiger partial charge on any atom is -0.497 e. The Morgan fingerprint density at radius 1 is 0.357 bits per heavy atom. The van der Waals surface area contributed by atoms with E-state index in [2.05, 4.69) is 140 Å². The average molecular weight is 547 g/mol. The molecule has 206 valence electrons. The highest BCUT2D eigenvalue weighted by Gasteiger charge is 2.38. The largest absolute Gasteiger partial charge is 0.497 e. The molecule has 0 atom stereocenters.